The van der Waals surface area contributed by atoms with Gasteiger partial charge in [-0.15, -0.1) is 0 Å². The van der Waals surface area contributed by atoms with Gasteiger partial charge in [-0.1, -0.05) is 22.0 Å². The average molecular weight is 320 g/mol. The smallest absolute Gasteiger partial charge is 0.239 e. The molecule has 0 radical (unpaired) electrons. The molecule has 19 heavy (non-hydrogen) atoms. The van der Waals surface area contributed by atoms with Crippen LogP contribution in [0.4, 0.5) is 5.69 Å². The summed E-state index contributed by atoms with van der Waals surface area (Å²) in [4.78, 5) is 15.8. The number of nitrogens with one attached hydrogen (secondary N) is 2. The molecular weight excluding hydrogens is 306 g/mol. The highest BCUT2D eigenvalue weighted by Crippen LogP contribution is 2.13. The summed E-state index contributed by atoms with van der Waals surface area (Å²) < 4.78 is 1.01. The highest BCUT2D eigenvalue weighted by molar-refractivity contribution is 9.10. The zero-order chi connectivity index (χ0) is 13.5. The topological polar surface area (TPSA) is 54.0 Å². The highest BCUT2D eigenvalue weighted by Gasteiger charge is 2.01. The van der Waals surface area contributed by atoms with Crippen LogP contribution in [0.5, 0.6) is 0 Å². The van der Waals surface area contributed by atoms with Gasteiger partial charge in [0, 0.05) is 16.4 Å². The van der Waals surface area contributed by atoms with E-state index in [9.17, 15) is 4.79 Å². The van der Waals surface area contributed by atoms with Crippen LogP contribution < -0.4 is 10.6 Å². The summed E-state index contributed by atoms with van der Waals surface area (Å²) in [7, 11) is 0. The minimum atomic E-state index is -0.0615. The van der Waals surface area contributed by atoms with Gasteiger partial charge in [-0.25, -0.2) is 0 Å². The molecule has 1 heterocycles. The van der Waals surface area contributed by atoms with E-state index < -0.39 is 0 Å². The Morgan fingerprint density at radius 3 is 2.63 bits per heavy atom. The molecule has 0 fully saturated rings. The van der Waals surface area contributed by atoms with Gasteiger partial charge in [-0.3, -0.25) is 9.78 Å². The second-order valence-corrected chi connectivity index (χ2v) is 4.87. The van der Waals surface area contributed by atoms with Crippen LogP contribution in [0.1, 0.15) is 5.69 Å². The molecule has 0 saturated heterocycles. The maximum atomic E-state index is 11.6. The summed E-state index contributed by atoms with van der Waals surface area (Å²) in [5.41, 5.74) is 1.76. The molecule has 1 amide bonds. The summed E-state index contributed by atoms with van der Waals surface area (Å²) in [6.45, 7) is 0.691. The third-order valence-corrected chi connectivity index (χ3v) is 3.02. The number of benzene rings is 1. The molecule has 2 rings (SSSR count). The predicted molar refractivity (Wildman–Crippen MR) is 78.7 cm³/mol. The Hall–Kier alpha value is -1.88. The van der Waals surface area contributed by atoms with Crippen LogP contribution in [-0.2, 0) is 11.3 Å². The first-order valence-corrected chi connectivity index (χ1v) is 6.69. The van der Waals surface area contributed by atoms with Crippen molar-refractivity contribution in [1.29, 1.82) is 0 Å². The molecule has 2 aromatic rings. The van der Waals surface area contributed by atoms with E-state index in [1.165, 1.54) is 0 Å². The van der Waals surface area contributed by atoms with Gasteiger partial charge in [-0.05, 0) is 36.4 Å². The quantitative estimate of drug-likeness (QED) is 0.890. The van der Waals surface area contributed by atoms with Crippen molar-refractivity contribution in [2.24, 2.45) is 0 Å². The van der Waals surface area contributed by atoms with E-state index in [-0.39, 0.29) is 12.5 Å². The molecule has 0 bridgehead atoms. The number of hydrogen-bond acceptors (Lipinski definition) is 3. The lowest BCUT2D eigenvalue weighted by Crippen LogP contribution is -2.29. The molecule has 0 aliphatic rings. The first kappa shape index (κ1) is 13.5. The van der Waals surface area contributed by atoms with Crippen molar-refractivity contribution in [1.82, 2.24) is 10.3 Å². The fourth-order valence-corrected chi connectivity index (χ4v) is 1.77. The Morgan fingerprint density at radius 1 is 1.16 bits per heavy atom. The minimum absolute atomic E-state index is 0.0615. The molecule has 5 heteroatoms. The molecule has 0 atom stereocenters. The molecule has 0 aliphatic carbocycles. The number of carbonyl (C=O) groups is 1. The number of pyridine rings is 1. The van der Waals surface area contributed by atoms with Crippen LogP contribution >= 0.6 is 15.9 Å². The Balaban J connectivity index is 1.74. The normalized spacial score (nSPS) is 9.95. The Bertz CT molecular complexity index is 528. The predicted octanol–water partition coefficient (Wildman–Crippen LogP) is 2.57. The number of anilines is 1. The number of amides is 1. The number of carbonyl (C=O) groups excluding carboxylic acids is 1. The number of aromatic nitrogens is 1. The van der Waals surface area contributed by atoms with Gasteiger partial charge in [0.15, 0.2) is 0 Å². The number of nitrogens with zero attached hydrogens (tertiary/aromatic N) is 1. The third-order valence-electron chi connectivity index (χ3n) is 2.49. The van der Waals surface area contributed by atoms with Crippen LogP contribution in [-0.4, -0.2) is 17.4 Å². The summed E-state index contributed by atoms with van der Waals surface area (Å²) in [6, 6.07) is 13.3. The van der Waals surface area contributed by atoms with E-state index >= 15 is 0 Å². The Labute approximate surface area is 120 Å². The largest absolute Gasteiger partial charge is 0.376 e. The van der Waals surface area contributed by atoms with E-state index in [1.54, 1.807) is 6.20 Å². The van der Waals surface area contributed by atoms with Crippen molar-refractivity contribution >= 4 is 27.5 Å². The maximum Gasteiger partial charge on any atom is 0.239 e. The fraction of sp³-hybridized carbons (Fsp3) is 0.143. The summed E-state index contributed by atoms with van der Waals surface area (Å²) in [5.74, 6) is -0.0615. The first-order valence-electron chi connectivity index (χ1n) is 5.90. The molecule has 0 spiro atoms. The number of rotatable bonds is 5. The minimum Gasteiger partial charge on any atom is -0.376 e. The van der Waals surface area contributed by atoms with Crippen molar-refractivity contribution < 1.29 is 4.79 Å². The number of halogens is 1. The molecule has 1 aromatic heterocycles. The van der Waals surface area contributed by atoms with Crippen molar-refractivity contribution in [2.45, 2.75) is 6.54 Å². The van der Waals surface area contributed by atoms with Gasteiger partial charge in [0.05, 0.1) is 18.8 Å². The van der Waals surface area contributed by atoms with Crippen molar-refractivity contribution in [3.8, 4) is 0 Å². The van der Waals surface area contributed by atoms with Crippen molar-refractivity contribution in [2.75, 3.05) is 11.9 Å². The summed E-state index contributed by atoms with van der Waals surface area (Å²) >= 11 is 3.36. The van der Waals surface area contributed by atoms with Gasteiger partial charge in [0.2, 0.25) is 5.91 Å². The van der Waals surface area contributed by atoms with Crippen LogP contribution in [0, 0.1) is 0 Å². The van der Waals surface area contributed by atoms with E-state index in [4.69, 9.17) is 0 Å². The van der Waals surface area contributed by atoms with Gasteiger partial charge >= 0.3 is 0 Å². The first-order chi connectivity index (χ1) is 9.24. The highest BCUT2D eigenvalue weighted by atomic mass is 79.9. The average Bonchev–Trinajstić information content (AvgIpc) is 2.45. The lowest BCUT2D eigenvalue weighted by Gasteiger charge is -2.07. The van der Waals surface area contributed by atoms with Crippen LogP contribution in [0.25, 0.3) is 0 Å². The number of hydrogen-bond donors (Lipinski definition) is 2. The fourth-order valence-electron chi connectivity index (χ4n) is 1.50. The van der Waals surface area contributed by atoms with Crippen LogP contribution in [0.3, 0.4) is 0 Å². The van der Waals surface area contributed by atoms with Gasteiger partial charge in [-0.2, -0.15) is 0 Å². The molecule has 0 saturated carbocycles. The van der Waals surface area contributed by atoms with Gasteiger partial charge < -0.3 is 10.6 Å². The lowest BCUT2D eigenvalue weighted by molar-refractivity contribution is -0.119. The van der Waals surface area contributed by atoms with E-state index in [1.807, 2.05) is 42.5 Å². The Kier molecular flexibility index (Phi) is 4.92. The van der Waals surface area contributed by atoms with E-state index in [0.717, 1.165) is 15.9 Å². The standard InChI is InChI=1S/C14H14BrN3O/c15-11-4-6-12(7-5-11)17-10-14(19)18-9-13-3-1-2-8-16-13/h1-8,17H,9-10H2,(H,18,19). The third kappa shape index (κ3) is 4.71. The summed E-state index contributed by atoms with van der Waals surface area (Å²) in [5, 5.41) is 5.86. The van der Waals surface area contributed by atoms with Crippen molar-refractivity contribution in [3.63, 3.8) is 0 Å². The van der Waals surface area contributed by atoms with Gasteiger partial charge in [0.25, 0.3) is 0 Å². The monoisotopic (exact) mass is 319 g/mol. The summed E-state index contributed by atoms with van der Waals surface area (Å²) in [6.07, 6.45) is 1.71. The zero-order valence-corrected chi connectivity index (χ0v) is 11.9. The lowest BCUT2D eigenvalue weighted by atomic mass is 10.3. The molecule has 0 unspecified atom stereocenters. The molecule has 2 N–H and O–H groups in total. The molecule has 4 nitrogen and oxygen atoms in total. The molecule has 98 valence electrons. The molecule has 0 aliphatic heterocycles. The van der Waals surface area contributed by atoms with Gasteiger partial charge in [0.1, 0.15) is 0 Å². The second-order valence-electron chi connectivity index (χ2n) is 3.96. The maximum absolute atomic E-state index is 11.6. The van der Waals surface area contributed by atoms with Crippen LogP contribution in [0.15, 0.2) is 53.1 Å². The van der Waals surface area contributed by atoms with Crippen LogP contribution in [0.2, 0.25) is 0 Å². The molecule has 1 aromatic carbocycles. The zero-order valence-electron chi connectivity index (χ0n) is 10.3. The van der Waals surface area contributed by atoms with Crippen molar-refractivity contribution in [3.05, 3.63) is 58.8 Å². The Morgan fingerprint density at radius 2 is 1.95 bits per heavy atom. The second kappa shape index (κ2) is 6.89. The molecular formula is C14H14BrN3O. The SMILES string of the molecule is O=C(CNc1ccc(Br)cc1)NCc1ccccn1. The van der Waals surface area contributed by atoms with E-state index in [0.29, 0.717) is 6.54 Å². The van der Waals surface area contributed by atoms with E-state index in [2.05, 4.69) is 31.5 Å².